The van der Waals surface area contributed by atoms with E-state index in [-0.39, 0.29) is 12.4 Å². The second kappa shape index (κ2) is 8.41. The third kappa shape index (κ3) is 5.39. The van der Waals surface area contributed by atoms with Gasteiger partial charge in [0, 0.05) is 12.6 Å². The maximum absolute atomic E-state index is 5.79. The molecule has 0 amide bonds. The normalized spacial score (nSPS) is 16.2. The molecule has 0 bridgehead atoms. The Morgan fingerprint density at radius 3 is 2.74 bits per heavy atom. The zero-order valence-electron chi connectivity index (χ0n) is 11.9. The van der Waals surface area contributed by atoms with Gasteiger partial charge in [0.15, 0.2) is 0 Å². The highest BCUT2D eigenvalue weighted by atomic mass is 35.5. The number of ether oxygens (including phenoxy) is 1. The highest BCUT2D eigenvalue weighted by molar-refractivity contribution is 5.85. The molecule has 0 aliphatic carbocycles. The second-order valence-corrected chi connectivity index (χ2v) is 5.13. The van der Waals surface area contributed by atoms with E-state index in [1.807, 2.05) is 12.1 Å². The molecular weight excluding hydrogens is 260 g/mol. The Morgan fingerprint density at radius 1 is 1.32 bits per heavy atom. The van der Waals surface area contributed by atoms with Crippen molar-refractivity contribution in [1.29, 1.82) is 0 Å². The van der Waals surface area contributed by atoms with E-state index in [4.69, 9.17) is 4.74 Å². The van der Waals surface area contributed by atoms with Crippen LogP contribution in [0, 0.1) is 6.92 Å². The number of halogens is 1. The molecule has 1 aliphatic rings. The molecule has 1 aromatic carbocycles. The Morgan fingerprint density at radius 2 is 2.05 bits per heavy atom. The van der Waals surface area contributed by atoms with E-state index < -0.39 is 0 Å². The molecule has 1 fully saturated rings. The summed E-state index contributed by atoms with van der Waals surface area (Å²) >= 11 is 0. The molecule has 4 heteroatoms. The molecule has 19 heavy (non-hydrogen) atoms. The van der Waals surface area contributed by atoms with Crippen molar-refractivity contribution in [2.75, 3.05) is 33.3 Å². The van der Waals surface area contributed by atoms with E-state index in [9.17, 15) is 0 Å². The Kier molecular flexibility index (Phi) is 7.21. The van der Waals surface area contributed by atoms with Crippen molar-refractivity contribution < 1.29 is 4.74 Å². The minimum absolute atomic E-state index is 0. The topological polar surface area (TPSA) is 24.5 Å². The number of hydrogen-bond acceptors (Lipinski definition) is 3. The first-order chi connectivity index (χ1) is 8.75. The predicted octanol–water partition coefficient (Wildman–Crippen LogP) is 2.48. The summed E-state index contributed by atoms with van der Waals surface area (Å²) < 4.78 is 5.79. The van der Waals surface area contributed by atoms with E-state index in [1.165, 1.54) is 18.4 Å². The van der Waals surface area contributed by atoms with Crippen molar-refractivity contribution >= 4 is 12.4 Å². The zero-order chi connectivity index (χ0) is 12.8. The highest BCUT2D eigenvalue weighted by Crippen LogP contribution is 2.13. The van der Waals surface area contributed by atoms with Crippen LogP contribution in [0.1, 0.15) is 18.4 Å². The lowest BCUT2D eigenvalue weighted by molar-refractivity contribution is 0.165. The van der Waals surface area contributed by atoms with E-state index in [1.54, 1.807) is 0 Å². The van der Waals surface area contributed by atoms with Gasteiger partial charge in [-0.2, -0.15) is 0 Å². The van der Waals surface area contributed by atoms with Crippen LogP contribution >= 0.6 is 12.4 Å². The van der Waals surface area contributed by atoms with Crippen LogP contribution in [0.25, 0.3) is 0 Å². The fourth-order valence-corrected chi connectivity index (χ4v) is 2.44. The first-order valence-electron chi connectivity index (χ1n) is 6.86. The first-order valence-corrected chi connectivity index (χ1v) is 6.86. The van der Waals surface area contributed by atoms with Crippen LogP contribution in [0.4, 0.5) is 0 Å². The third-order valence-electron chi connectivity index (χ3n) is 3.63. The first kappa shape index (κ1) is 16.3. The average molecular weight is 285 g/mol. The molecule has 1 N–H and O–H groups in total. The van der Waals surface area contributed by atoms with E-state index >= 15 is 0 Å². The zero-order valence-corrected chi connectivity index (χ0v) is 12.7. The summed E-state index contributed by atoms with van der Waals surface area (Å²) in [6.45, 7) is 6.15. The second-order valence-electron chi connectivity index (χ2n) is 5.13. The van der Waals surface area contributed by atoms with Crippen molar-refractivity contribution in [2.24, 2.45) is 0 Å². The van der Waals surface area contributed by atoms with Gasteiger partial charge >= 0.3 is 0 Å². The van der Waals surface area contributed by atoms with Crippen molar-refractivity contribution in [3.63, 3.8) is 0 Å². The Labute approximate surface area is 122 Å². The minimum Gasteiger partial charge on any atom is -0.492 e. The number of hydrogen-bond donors (Lipinski definition) is 1. The third-order valence-corrected chi connectivity index (χ3v) is 3.63. The molecular formula is C15H25ClN2O. The van der Waals surface area contributed by atoms with Gasteiger partial charge in [-0.1, -0.05) is 12.1 Å². The van der Waals surface area contributed by atoms with Crippen molar-refractivity contribution in [1.82, 2.24) is 10.2 Å². The monoisotopic (exact) mass is 284 g/mol. The summed E-state index contributed by atoms with van der Waals surface area (Å²) in [6, 6.07) is 8.96. The van der Waals surface area contributed by atoms with Gasteiger partial charge in [0.25, 0.3) is 0 Å². The summed E-state index contributed by atoms with van der Waals surface area (Å²) in [7, 11) is 2.20. The van der Waals surface area contributed by atoms with E-state index in [0.717, 1.165) is 32.0 Å². The summed E-state index contributed by atoms with van der Waals surface area (Å²) in [5, 5.41) is 3.40. The van der Waals surface area contributed by atoms with Crippen LogP contribution in [0.15, 0.2) is 24.3 Å². The minimum atomic E-state index is 0. The molecule has 1 aliphatic heterocycles. The van der Waals surface area contributed by atoms with Gasteiger partial charge in [0.1, 0.15) is 12.4 Å². The molecule has 2 rings (SSSR count). The van der Waals surface area contributed by atoms with Crippen LogP contribution in [0.2, 0.25) is 0 Å². The van der Waals surface area contributed by atoms with Crippen LogP contribution < -0.4 is 10.1 Å². The lowest BCUT2D eigenvalue weighted by atomic mass is 10.1. The number of likely N-dealkylation sites (N-methyl/N-ethyl adjacent to an activating group) is 1. The molecule has 0 radical (unpaired) electrons. The molecule has 0 aromatic heterocycles. The molecule has 0 spiro atoms. The van der Waals surface area contributed by atoms with Gasteiger partial charge < -0.3 is 10.1 Å². The Hall–Kier alpha value is -0.770. The SMILES string of the molecule is Cc1cccc(OCCN(C)C2CCNCC2)c1.Cl. The summed E-state index contributed by atoms with van der Waals surface area (Å²) in [5.41, 5.74) is 1.25. The largest absolute Gasteiger partial charge is 0.492 e. The number of piperidine rings is 1. The lowest BCUT2D eigenvalue weighted by Crippen LogP contribution is -2.42. The maximum Gasteiger partial charge on any atom is 0.119 e. The highest BCUT2D eigenvalue weighted by Gasteiger charge is 2.17. The summed E-state index contributed by atoms with van der Waals surface area (Å²) in [5.74, 6) is 0.980. The van der Waals surface area contributed by atoms with Crippen LogP contribution in [-0.4, -0.2) is 44.2 Å². The van der Waals surface area contributed by atoms with Gasteiger partial charge in [0.05, 0.1) is 0 Å². The molecule has 108 valence electrons. The number of nitrogens with one attached hydrogen (secondary N) is 1. The van der Waals surface area contributed by atoms with Gasteiger partial charge in [-0.25, -0.2) is 0 Å². The molecule has 0 saturated carbocycles. The van der Waals surface area contributed by atoms with Gasteiger partial charge in [0.2, 0.25) is 0 Å². The fraction of sp³-hybridized carbons (Fsp3) is 0.600. The van der Waals surface area contributed by atoms with Gasteiger partial charge in [-0.3, -0.25) is 4.90 Å². The average Bonchev–Trinajstić information content (AvgIpc) is 2.40. The van der Waals surface area contributed by atoms with E-state index in [0.29, 0.717) is 6.04 Å². The van der Waals surface area contributed by atoms with Crippen molar-refractivity contribution in [3.05, 3.63) is 29.8 Å². The summed E-state index contributed by atoms with van der Waals surface area (Å²) in [4.78, 5) is 2.43. The van der Waals surface area contributed by atoms with Crippen LogP contribution in [0.5, 0.6) is 5.75 Å². The fourth-order valence-electron chi connectivity index (χ4n) is 2.44. The number of rotatable bonds is 5. The molecule has 1 aromatic rings. The lowest BCUT2D eigenvalue weighted by Gasteiger charge is -2.31. The standard InChI is InChI=1S/C15H24N2O.ClH/c1-13-4-3-5-15(12-13)18-11-10-17(2)14-6-8-16-9-7-14;/h3-5,12,14,16H,6-11H2,1-2H3;1H. The quantitative estimate of drug-likeness (QED) is 0.899. The molecule has 0 atom stereocenters. The summed E-state index contributed by atoms with van der Waals surface area (Å²) in [6.07, 6.45) is 2.50. The predicted molar refractivity (Wildman–Crippen MR) is 82.4 cm³/mol. The molecule has 0 unspecified atom stereocenters. The van der Waals surface area contributed by atoms with Gasteiger partial charge in [-0.05, 0) is 57.6 Å². The number of aryl methyl sites for hydroxylation is 1. The van der Waals surface area contributed by atoms with Crippen molar-refractivity contribution in [2.45, 2.75) is 25.8 Å². The maximum atomic E-state index is 5.79. The Bertz CT molecular complexity index is 367. The van der Waals surface area contributed by atoms with Crippen molar-refractivity contribution in [3.8, 4) is 5.75 Å². The van der Waals surface area contributed by atoms with Crippen LogP contribution in [0.3, 0.4) is 0 Å². The molecule has 1 heterocycles. The molecule has 1 saturated heterocycles. The van der Waals surface area contributed by atoms with Gasteiger partial charge in [-0.15, -0.1) is 12.4 Å². The van der Waals surface area contributed by atoms with Crippen LogP contribution in [-0.2, 0) is 0 Å². The Balaban J connectivity index is 0.00000180. The molecule has 3 nitrogen and oxygen atoms in total. The number of nitrogens with zero attached hydrogens (tertiary/aromatic N) is 1. The number of benzene rings is 1. The van der Waals surface area contributed by atoms with E-state index in [2.05, 4.69) is 36.3 Å². The smallest absolute Gasteiger partial charge is 0.119 e.